The molecule has 24 heavy (non-hydrogen) atoms. The number of hydrogen-bond acceptors (Lipinski definition) is 6. The number of aliphatic imine (C=N–C) groups is 1. The highest BCUT2D eigenvalue weighted by Crippen LogP contribution is 2.34. The number of cyclic esters (lactones) is 2. The van der Waals surface area contributed by atoms with Crippen molar-refractivity contribution in [2.75, 3.05) is 7.11 Å². The van der Waals surface area contributed by atoms with Crippen LogP contribution in [0.3, 0.4) is 0 Å². The van der Waals surface area contributed by atoms with Crippen LogP contribution in [0.4, 0.5) is 0 Å². The molecule has 0 spiro atoms. The van der Waals surface area contributed by atoms with Gasteiger partial charge in [-0.1, -0.05) is 18.2 Å². The van der Waals surface area contributed by atoms with E-state index in [0.29, 0.717) is 22.4 Å². The van der Waals surface area contributed by atoms with E-state index in [1.807, 2.05) is 0 Å². The van der Waals surface area contributed by atoms with Crippen LogP contribution in [0.25, 0.3) is 5.76 Å². The normalized spacial score (nSPS) is 18.8. The average Bonchev–Trinajstić information content (AvgIpc) is 3.16. The number of hydrogen-bond donors (Lipinski definition) is 0. The van der Waals surface area contributed by atoms with Crippen LogP contribution in [0.2, 0.25) is 0 Å². The van der Waals surface area contributed by atoms with Gasteiger partial charge in [-0.15, -0.1) is 0 Å². The number of carbonyl (C=O) groups excluding carboxylic acids is 2. The molecule has 2 aliphatic rings. The minimum absolute atomic E-state index is 0.0147. The molecule has 0 aliphatic carbocycles. The van der Waals surface area contributed by atoms with Gasteiger partial charge in [-0.3, -0.25) is 0 Å². The van der Waals surface area contributed by atoms with Crippen molar-refractivity contribution in [1.82, 2.24) is 0 Å². The second-order valence-electron chi connectivity index (χ2n) is 5.15. The number of rotatable bonds is 2. The van der Waals surface area contributed by atoms with Crippen molar-refractivity contribution >= 4 is 23.6 Å². The Balaban J connectivity index is 1.78. The van der Waals surface area contributed by atoms with Crippen LogP contribution in [0.5, 0.6) is 5.75 Å². The van der Waals surface area contributed by atoms with Crippen molar-refractivity contribution < 1.29 is 23.8 Å². The number of carbonyl (C=O) groups is 2. The lowest BCUT2D eigenvalue weighted by atomic mass is 10.1. The highest BCUT2D eigenvalue weighted by molar-refractivity contribution is 6.16. The van der Waals surface area contributed by atoms with E-state index in [-0.39, 0.29) is 17.4 Å². The summed E-state index contributed by atoms with van der Waals surface area (Å²) in [5.74, 6) is -0.190. The third-order valence-corrected chi connectivity index (χ3v) is 3.73. The second kappa shape index (κ2) is 5.34. The average molecular weight is 321 g/mol. The third-order valence-electron chi connectivity index (χ3n) is 3.73. The Morgan fingerprint density at radius 3 is 2.29 bits per heavy atom. The number of nitrogens with zero attached hydrogens (tertiary/aromatic N) is 1. The zero-order chi connectivity index (χ0) is 16.7. The van der Waals surface area contributed by atoms with E-state index in [9.17, 15) is 9.59 Å². The van der Waals surface area contributed by atoms with Crippen LogP contribution in [0.15, 0.2) is 59.2 Å². The van der Waals surface area contributed by atoms with Crippen molar-refractivity contribution in [1.29, 1.82) is 0 Å². The fraction of sp³-hybridized carbons (Fsp3) is 0.0556. The fourth-order valence-corrected chi connectivity index (χ4v) is 2.54. The monoisotopic (exact) mass is 321 g/mol. The molecule has 4 rings (SSSR count). The van der Waals surface area contributed by atoms with Crippen LogP contribution in [0, 0.1) is 0 Å². The molecular weight excluding hydrogens is 310 g/mol. The highest BCUT2D eigenvalue weighted by atomic mass is 16.6. The lowest BCUT2D eigenvalue weighted by molar-refractivity contribution is -0.130. The first-order valence-corrected chi connectivity index (χ1v) is 7.18. The first kappa shape index (κ1) is 14.2. The van der Waals surface area contributed by atoms with Crippen molar-refractivity contribution in [3.05, 3.63) is 70.9 Å². The van der Waals surface area contributed by atoms with Crippen molar-refractivity contribution in [2.45, 2.75) is 0 Å². The Hall–Kier alpha value is -3.41. The smallest absolute Gasteiger partial charge is 0.367 e. The van der Waals surface area contributed by atoms with Crippen molar-refractivity contribution in [3.63, 3.8) is 0 Å². The molecule has 0 bridgehead atoms. The quantitative estimate of drug-likeness (QED) is 0.628. The van der Waals surface area contributed by atoms with Crippen LogP contribution in [-0.4, -0.2) is 24.9 Å². The lowest BCUT2D eigenvalue weighted by Crippen LogP contribution is -2.06. The highest BCUT2D eigenvalue weighted by Gasteiger charge is 2.35. The SMILES string of the molecule is COc1ccc(C2=NC(=C3OC(=O)c4ccccc43)C(=O)O2)cc1. The molecule has 6 heteroatoms. The van der Waals surface area contributed by atoms with Crippen LogP contribution >= 0.6 is 0 Å². The number of benzene rings is 2. The Morgan fingerprint density at radius 2 is 1.58 bits per heavy atom. The van der Waals surface area contributed by atoms with E-state index in [0.717, 1.165) is 0 Å². The summed E-state index contributed by atoms with van der Waals surface area (Å²) in [5, 5.41) is 0. The summed E-state index contributed by atoms with van der Waals surface area (Å²) >= 11 is 0. The summed E-state index contributed by atoms with van der Waals surface area (Å²) in [6, 6.07) is 13.8. The molecule has 0 aromatic heterocycles. The minimum atomic E-state index is -0.652. The standard InChI is InChI=1S/C18H11NO5/c1-22-11-8-6-10(7-9-11)16-19-14(18(21)24-16)15-12-4-2-3-5-13(12)17(20)23-15/h2-9H,1H3. The maximum atomic E-state index is 12.2. The summed E-state index contributed by atoms with van der Waals surface area (Å²) in [6.45, 7) is 0. The zero-order valence-electron chi connectivity index (χ0n) is 12.6. The molecule has 0 unspecified atom stereocenters. The fourth-order valence-electron chi connectivity index (χ4n) is 2.54. The van der Waals surface area contributed by atoms with Crippen LogP contribution in [0.1, 0.15) is 21.5 Å². The van der Waals surface area contributed by atoms with Crippen LogP contribution in [-0.2, 0) is 14.3 Å². The predicted octanol–water partition coefficient (Wildman–Crippen LogP) is 2.54. The summed E-state index contributed by atoms with van der Waals surface area (Å²) in [4.78, 5) is 28.3. The zero-order valence-corrected chi connectivity index (χ0v) is 12.6. The third kappa shape index (κ3) is 2.16. The summed E-state index contributed by atoms with van der Waals surface area (Å²) in [7, 11) is 1.57. The molecule has 0 fully saturated rings. The Morgan fingerprint density at radius 1 is 0.875 bits per heavy atom. The first-order valence-electron chi connectivity index (χ1n) is 7.18. The van der Waals surface area contributed by atoms with E-state index in [4.69, 9.17) is 14.2 Å². The van der Waals surface area contributed by atoms with E-state index in [2.05, 4.69) is 4.99 Å². The minimum Gasteiger partial charge on any atom is -0.497 e. The maximum Gasteiger partial charge on any atom is 0.367 e. The van der Waals surface area contributed by atoms with Gasteiger partial charge < -0.3 is 14.2 Å². The predicted molar refractivity (Wildman–Crippen MR) is 84.4 cm³/mol. The molecule has 2 aromatic carbocycles. The molecular formula is C18H11NO5. The topological polar surface area (TPSA) is 74.2 Å². The number of ether oxygens (including phenoxy) is 3. The van der Waals surface area contributed by atoms with Gasteiger partial charge >= 0.3 is 11.9 Å². The van der Waals surface area contributed by atoms with Gasteiger partial charge in [0.05, 0.1) is 12.7 Å². The van der Waals surface area contributed by atoms with Gasteiger partial charge in [-0.05, 0) is 30.3 Å². The molecule has 118 valence electrons. The van der Waals surface area contributed by atoms with Crippen LogP contribution < -0.4 is 4.74 Å². The van der Waals surface area contributed by atoms with E-state index >= 15 is 0 Å². The van der Waals surface area contributed by atoms with Gasteiger partial charge in [0.15, 0.2) is 11.5 Å². The molecule has 0 atom stereocenters. The van der Waals surface area contributed by atoms with Crippen molar-refractivity contribution in [3.8, 4) is 5.75 Å². The lowest BCUT2D eigenvalue weighted by Gasteiger charge is -2.01. The summed E-state index contributed by atoms with van der Waals surface area (Å²) < 4.78 is 15.5. The summed E-state index contributed by atoms with van der Waals surface area (Å²) in [5.41, 5.74) is 1.55. The molecule has 0 saturated heterocycles. The number of fused-ring (bicyclic) bond motifs is 1. The Bertz CT molecular complexity index is 925. The largest absolute Gasteiger partial charge is 0.497 e. The van der Waals surface area contributed by atoms with Gasteiger partial charge in [0.1, 0.15) is 5.75 Å². The van der Waals surface area contributed by atoms with Crippen molar-refractivity contribution in [2.24, 2.45) is 4.99 Å². The first-order chi connectivity index (χ1) is 11.7. The molecule has 0 saturated carbocycles. The Labute approximate surface area is 137 Å². The van der Waals surface area contributed by atoms with Gasteiger partial charge in [0.2, 0.25) is 5.90 Å². The summed E-state index contributed by atoms with van der Waals surface area (Å²) in [6.07, 6.45) is 0. The molecule has 2 heterocycles. The molecule has 0 N–H and O–H groups in total. The second-order valence-corrected chi connectivity index (χ2v) is 5.15. The van der Waals surface area contributed by atoms with Gasteiger partial charge in [-0.2, -0.15) is 0 Å². The number of methoxy groups -OCH3 is 1. The van der Waals surface area contributed by atoms with Gasteiger partial charge in [0.25, 0.3) is 0 Å². The number of esters is 2. The molecule has 0 radical (unpaired) electrons. The molecule has 2 aromatic rings. The Kier molecular flexibility index (Phi) is 3.16. The molecule has 6 nitrogen and oxygen atoms in total. The molecule has 2 aliphatic heterocycles. The molecule has 0 amide bonds. The van der Waals surface area contributed by atoms with E-state index in [1.165, 1.54) is 0 Å². The van der Waals surface area contributed by atoms with Gasteiger partial charge in [0, 0.05) is 11.1 Å². The maximum absolute atomic E-state index is 12.2. The van der Waals surface area contributed by atoms with E-state index < -0.39 is 11.9 Å². The van der Waals surface area contributed by atoms with Gasteiger partial charge in [-0.25, -0.2) is 14.6 Å². The van der Waals surface area contributed by atoms with E-state index in [1.54, 1.807) is 55.6 Å².